The molecule has 1 aliphatic carbocycles. The standard InChI is InChI=1S/C16H32N2/c1-14(2)8-9-17-10-12-18(13-11-17)16-6-4-15(3)5-7-16/h14-16H,4-13H2,1-3H3. The summed E-state index contributed by atoms with van der Waals surface area (Å²) in [6.07, 6.45) is 7.18. The lowest BCUT2D eigenvalue weighted by molar-refractivity contribution is 0.0702. The summed E-state index contributed by atoms with van der Waals surface area (Å²) >= 11 is 0. The molecule has 2 rings (SSSR count). The lowest BCUT2D eigenvalue weighted by Gasteiger charge is -2.41. The van der Waals surface area contributed by atoms with Gasteiger partial charge in [-0.2, -0.15) is 0 Å². The fourth-order valence-electron chi connectivity index (χ4n) is 3.40. The van der Waals surface area contributed by atoms with Crippen molar-refractivity contribution in [2.75, 3.05) is 32.7 Å². The number of hydrogen-bond donors (Lipinski definition) is 0. The smallest absolute Gasteiger partial charge is 0.0113 e. The second-order valence-corrected chi connectivity index (χ2v) is 6.97. The van der Waals surface area contributed by atoms with Crippen molar-refractivity contribution >= 4 is 0 Å². The van der Waals surface area contributed by atoms with Gasteiger partial charge in [0.15, 0.2) is 0 Å². The summed E-state index contributed by atoms with van der Waals surface area (Å²) in [6.45, 7) is 13.6. The monoisotopic (exact) mass is 252 g/mol. The number of piperazine rings is 1. The van der Waals surface area contributed by atoms with Crippen LogP contribution < -0.4 is 0 Å². The zero-order chi connectivity index (χ0) is 13.0. The summed E-state index contributed by atoms with van der Waals surface area (Å²) in [4.78, 5) is 5.44. The van der Waals surface area contributed by atoms with Gasteiger partial charge in [0.05, 0.1) is 0 Å². The minimum atomic E-state index is 0.850. The highest BCUT2D eigenvalue weighted by molar-refractivity contribution is 4.82. The molecule has 0 unspecified atom stereocenters. The first kappa shape index (κ1) is 14.3. The van der Waals surface area contributed by atoms with Gasteiger partial charge < -0.3 is 4.90 Å². The Hall–Kier alpha value is -0.0800. The highest BCUT2D eigenvalue weighted by Gasteiger charge is 2.26. The summed E-state index contributed by atoms with van der Waals surface area (Å²) < 4.78 is 0. The molecule has 2 heteroatoms. The van der Waals surface area contributed by atoms with Gasteiger partial charge in [-0.15, -0.1) is 0 Å². The maximum atomic E-state index is 2.78. The molecule has 0 aromatic heterocycles. The van der Waals surface area contributed by atoms with Crippen LogP contribution in [0.4, 0.5) is 0 Å². The van der Waals surface area contributed by atoms with Crippen molar-refractivity contribution in [3.8, 4) is 0 Å². The van der Waals surface area contributed by atoms with Gasteiger partial charge in [0.2, 0.25) is 0 Å². The Kier molecular flexibility index (Phi) is 5.50. The molecular formula is C16H32N2. The normalized spacial score (nSPS) is 32.0. The Bertz CT molecular complexity index is 223. The quantitative estimate of drug-likeness (QED) is 0.758. The second kappa shape index (κ2) is 6.91. The Morgan fingerprint density at radius 3 is 2.11 bits per heavy atom. The van der Waals surface area contributed by atoms with Crippen LogP contribution in [0, 0.1) is 11.8 Å². The average molecular weight is 252 g/mol. The van der Waals surface area contributed by atoms with E-state index in [0.717, 1.165) is 17.9 Å². The fourth-order valence-corrected chi connectivity index (χ4v) is 3.40. The number of rotatable bonds is 4. The summed E-state index contributed by atoms with van der Waals surface area (Å²) in [6, 6.07) is 0.911. The first-order chi connectivity index (χ1) is 8.65. The molecule has 106 valence electrons. The molecule has 1 heterocycles. The van der Waals surface area contributed by atoms with Crippen LogP contribution in [0.3, 0.4) is 0 Å². The van der Waals surface area contributed by atoms with Gasteiger partial charge in [-0.05, 0) is 50.5 Å². The van der Waals surface area contributed by atoms with Crippen molar-refractivity contribution in [2.24, 2.45) is 11.8 Å². The molecule has 0 N–H and O–H groups in total. The number of nitrogens with zero attached hydrogens (tertiary/aromatic N) is 2. The van der Waals surface area contributed by atoms with Gasteiger partial charge in [-0.3, -0.25) is 4.90 Å². The molecule has 0 radical (unpaired) electrons. The van der Waals surface area contributed by atoms with Gasteiger partial charge in [0, 0.05) is 32.2 Å². The van der Waals surface area contributed by atoms with Gasteiger partial charge in [0.1, 0.15) is 0 Å². The molecule has 1 aliphatic heterocycles. The molecule has 2 aliphatic rings. The highest BCUT2D eigenvalue weighted by atomic mass is 15.3. The van der Waals surface area contributed by atoms with Gasteiger partial charge in [-0.1, -0.05) is 20.8 Å². The van der Waals surface area contributed by atoms with Crippen LogP contribution in [-0.4, -0.2) is 48.6 Å². The van der Waals surface area contributed by atoms with E-state index < -0.39 is 0 Å². The first-order valence-corrected chi connectivity index (χ1v) is 8.11. The zero-order valence-corrected chi connectivity index (χ0v) is 12.7. The van der Waals surface area contributed by atoms with Crippen molar-refractivity contribution in [3.05, 3.63) is 0 Å². The largest absolute Gasteiger partial charge is 0.301 e. The summed E-state index contributed by atoms with van der Waals surface area (Å²) in [5.74, 6) is 1.83. The Morgan fingerprint density at radius 1 is 0.944 bits per heavy atom. The van der Waals surface area contributed by atoms with Crippen molar-refractivity contribution in [3.63, 3.8) is 0 Å². The van der Waals surface area contributed by atoms with Crippen molar-refractivity contribution in [2.45, 2.75) is 58.9 Å². The molecule has 0 atom stereocenters. The molecule has 0 amide bonds. The van der Waals surface area contributed by atoms with E-state index >= 15 is 0 Å². The third-order valence-electron chi connectivity index (χ3n) is 4.93. The molecule has 1 saturated carbocycles. The predicted molar refractivity (Wildman–Crippen MR) is 78.9 cm³/mol. The van der Waals surface area contributed by atoms with Crippen LogP contribution >= 0.6 is 0 Å². The summed E-state index contributed by atoms with van der Waals surface area (Å²) in [5.41, 5.74) is 0. The summed E-state index contributed by atoms with van der Waals surface area (Å²) in [5, 5.41) is 0. The van der Waals surface area contributed by atoms with E-state index in [4.69, 9.17) is 0 Å². The van der Waals surface area contributed by atoms with Crippen molar-refractivity contribution in [1.29, 1.82) is 0 Å². The fraction of sp³-hybridized carbons (Fsp3) is 1.00. The molecule has 2 fully saturated rings. The van der Waals surface area contributed by atoms with Gasteiger partial charge in [-0.25, -0.2) is 0 Å². The van der Waals surface area contributed by atoms with Crippen LogP contribution in [0.25, 0.3) is 0 Å². The first-order valence-electron chi connectivity index (χ1n) is 8.11. The Morgan fingerprint density at radius 2 is 1.56 bits per heavy atom. The molecule has 0 spiro atoms. The molecule has 0 bridgehead atoms. The van der Waals surface area contributed by atoms with E-state index in [0.29, 0.717) is 0 Å². The lowest BCUT2D eigenvalue weighted by atomic mass is 9.86. The van der Waals surface area contributed by atoms with Gasteiger partial charge in [0.25, 0.3) is 0 Å². The van der Waals surface area contributed by atoms with E-state index in [9.17, 15) is 0 Å². The van der Waals surface area contributed by atoms with Gasteiger partial charge >= 0.3 is 0 Å². The maximum absolute atomic E-state index is 2.78. The Balaban J connectivity index is 1.67. The lowest BCUT2D eigenvalue weighted by Crippen LogP contribution is -2.51. The molecule has 2 nitrogen and oxygen atoms in total. The van der Waals surface area contributed by atoms with Crippen LogP contribution in [0.2, 0.25) is 0 Å². The van der Waals surface area contributed by atoms with Crippen LogP contribution in [-0.2, 0) is 0 Å². The molecule has 0 aromatic carbocycles. The molecule has 18 heavy (non-hydrogen) atoms. The SMILES string of the molecule is CC(C)CCN1CCN(C2CCC(C)CC2)CC1. The minimum Gasteiger partial charge on any atom is -0.301 e. The van der Waals surface area contributed by atoms with E-state index in [1.807, 2.05) is 0 Å². The second-order valence-electron chi connectivity index (χ2n) is 6.97. The zero-order valence-electron chi connectivity index (χ0n) is 12.7. The van der Waals surface area contributed by atoms with E-state index in [1.54, 1.807) is 0 Å². The van der Waals surface area contributed by atoms with Crippen LogP contribution in [0.1, 0.15) is 52.9 Å². The van der Waals surface area contributed by atoms with Crippen molar-refractivity contribution in [1.82, 2.24) is 9.80 Å². The molecule has 1 saturated heterocycles. The van der Waals surface area contributed by atoms with E-state index in [2.05, 4.69) is 30.6 Å². The maximum Gasteiger partial charge on any atom is 0.0113 e. The Labute approximate surface area is 114 Å². The van der Waals surface area contributed by atoms with Crippen molar-refractivity contribution < 1.29 is 0 Å². The van der Waals surface area contributed by atoms with E-state index in [1.165, 1.54) is 64.8 Å². The molecule has 0 aromatic rings. The van der Waals surface area contributed by atoms with E-state index in [-0.39, 0.29) is 0 Å². The highest BCUT2D eigenvalue weighted by Crippen LogP contribution is 2.27. The topological polar surface area (TPSA) is 6.48 Å². The minimum absolute atomic E-state index is 0.850. The number of hydrogen-bond acceptors (Lipinski definition) is 2. The van der Waals surface area contributed by atoms with Crippen LogP contribution in [0.15, 0.2) is 0 Å². The third kappa shape index (κ3) is 4.24. The summed E-state index contributed by atoms with van der Waals surface area (Å²) in [7, 11) is 0. The third-order valence-corrected chi connectivity index (χ3v) is 4.93. The molecular weight excluding hydrogens is 220 g/mol. The predicted octanol–water partition coefficient (Wildman–Crippen LogP) is 3.23. The average Bonchev–Trinajstić information content (AvgIpc) is 2.38. The van der Waals surface area contributed by atoms with Crippen LogP contribution in [0.5, 0.6) is 0 Å².